The molecule has 0 saturated heterocycles. The minimum atomic E-state index is -1.28. The summed E-state index contributed by atoms with van der Waals surface area (Å²) in [7, 11) is -1.28. The SMILES string of the molecule is CC(=O)C(NC(=O)CS(=O)Cc1cccc(C)c1)C(C)C. The molecule has 2 unspecified atom stereocenters. The van der Waals surface area contributed by atoms with E-state index in [0.717, 1.165) is 11.1 Å². The zero-order valence-corrected chi connectivity index (χ0v) is 13.8. The highest BCUT2D eigenvalue weighted by atomic mass is 32.2. The van der Waals surface area contributed by atoms with Crippen molar-refractivity contribution >= 4 is 22.5 Å². The van der Waals surface area contributed by atoms with E-state index in [1.54, 1.807) is 0 Å². The van der Waals surface area contributed by atoms with Crippen LogP contribution >= 0.6 is 0 Å². The van der Waals surface area contributed by atoms with Crippen LogP contribution < -0.4 is 5.32 Å². The fourth-order valence-electron chi connectivity index (χ4n) is 2.14. The van der Waals surface area contributed by atoms with Crippen LogP contribution in [-0.2, 0) is 26.1 Å². The molecule has 0 aliphatic heterocycles. The summed E-state index contributed by atoms with van der Waals surface area (Å²) in [6, 6.07) is 7.23. The molecule has 0 aliphatic carbocycles. The number of rotatable bonds is 7. The Hall–Kier alpha value is -1.49. The lowest BCUT2D eigenvalue weighted by Crippen LogP contribution is -2.45. The first-order valence-corrected chi connectivity index (χ1v) is 8.48. The highest BCUT2D eigenvalue weighted by Gasteiger charge is 2.21. The van der Waals surface area contributed by atoms with E-state index in [0.29, 0.717) is 5.75 Å². The summed E-state index contributed by atoms with van der Waals surface area (Å²) >= 11 is 0. The molecule has 0 fully saturated rings. The van der Waals surface area contributed by atoms with Crippen LogP contribution in [0.15, 0.2) is 24.3 Å². The van der Waals surface area contributed by atoms with Gasteiger partial charge in [-0.1, -0.05) is 43.7 Å². The van der Waals surface area contributed by atoms with E-state index in [1.807, 2.05) is 45.0 Å². The molecule has 2 atom stereocenters. The number of benzene rings is 1. The average Bonchev–Trinajstić information content (AvgIpc) is 2.34. The molecule has 5 heteroatoms. The largest absolute Gasteiger partial charge is 0.345 e. The molecule has 0 spiro atoms. The molecule has 0 heterocycles. The zero-order valence-electron chi connectivity index (χ0n) is 13.0. The molecule has 0 bridgehead atoms. The lowest BCUT2D eigenvalue weighted by atomic mass is 10.0. The molecule has 1 N–H and O–H groups in total. The molecular formula is C16H23NO3S. The summed E-state index contributed by atoms with van der Waals surface area (Å²) in [5.41, 5.74) is 2.05. The highest BCUT2D eigenvalue weighted by Crippen LogP contribution is 2.07. The molecule has 116 valence electrons. The van der Waals surface area contributed by atoms with Gasteiger partial charge in [0.1, 0.15) is 5.75 Å². The molecule has 4 nitrogen and oxygen atoms in total. The van der Waals surface area contributed by atoms with Crippen LogP contribution in [0.1, 0.15) is 31.9 Å². The maximum absolute atomic E-state index is 12.0. The fourth-order valence-corrected chi connectivity index (χ4v) is 3.17. The summed E-state index contributed by atoms with van der Waals surface area (Å²) < 4.78 is 12.0. The highest BCUT2D eigenvalue weighted by molar-refractivity contribution is 7.84. The summed E-state index contributed by atoms with van der Waals surface area (Å²) in [5.74, 6) is -0.124. The predicted octanol–water partition coefficient (Wildman–Crippen LogP) is 1.97. The maximum atomic E-state index is 12.0. The Morgan fingerprint density at radius 3 is 2.48 bits per heavy atom. The number of amides is 1. The van der Waals surface area contributed by atoms with Crippen molar-refractivity contribution in [1.29, 1.82) is 0 Å². The first kappa shape index (κ1) is 17.6. The van der Waals surface area contributed by atoms with Gasteiger partial charge in [0.2, 0.25) is 5.91 Å². The number of aryl methyl sites for hydroxylation is 1. The third kappa shape index (κ3) is 6.21. The Labute approximate surface area is 128 Å². The van der Waals surface area contributed by atoms with Crippen molar-refractivity contribution in [3.8, 4) is 0 Å². The molecule has 1 amide bonds. The van der Waals surface area contributed by atoms with Gasteiger partial charge < -0.3 is 5.32 Å². The van der Waals surface area contributed by atoms with Gasteiger partial charge >= 0.3 is 0 Å². The number of carbonyl (C=O) groups is 2. The summed E-state index contributed by atoms with van der Waals surface area (Å²) in [5, 5.41) is 2.66. The van der Waals surface area contributed by atoms with Crippen LogP contribution in [0.3, 0.4) is 0 Å². The first-order valence-electron chi connectivity index (χ1n) is 7.00. The van der Waals surface area contributed by atoms with Gasteiger partial charge in [-0.05, 0) is 25.3 Å². The monoisotopic (exact) mass is 309 g/mol. The molecule has 0 radical (unpaired) electrons. The van der Waals surface area contributed by atoms with Gasteiger partial charge in [-0.25, -0.2) is 0 Å². The van der Waals surface area contributed by atoms with Crippen molar-refractivity contribution in [1.82, 2.24) is 5.32 Å². The van der Waals surface area contributed by atoms with E-state index in [1.165, 1.54) is 6.92 Å². The van der Waals surface area contributed by atoms with Gasteiger partial charge in [0.05, 0.1) is 6.04 Å². The number of nitrogens with one attached hydrogen (secondary N) is 1. The zero-order chi connectivity index (χ0) is 16.0. The summed E-state index contributed by atoms with van der Waals surface area (Å²) in [6.07, 6.45) is 0. The third-order valence-corrected chi connectivity index (χ3v) is 4.36. The van der Waals surface area contributed by atoms with Gasteiger partial charge in [0, 0.05) is 16.6 Å². The van der Waals surface area contributed by atoms with E-state index in [-0.39, 0.29) is 23.4 Å². The van der Waals surface area contributed by atoms with Crippen LogP contribution in [-0.4, -0.2) is 27.7 Å². The van der Waals surface area contributed by atoms with Crippen molar-refractivity contribution in [3.05, 3.63) is 35.4 Å². The molecule has 21 heavy (non-hydrogen) atoms. The van der Waals surface area contributed by atoms with Crippen LogP contribution in [0.5, 0.6) is 0 Å². The lowest BCUT2D eigenvalue weighted by molar-refractivity contribution is -0.126. The number of Topliss-reactive ketones (excluding diaryl/α,β-unsaturated/α-hetero) is 1. The van der Waals surface area contributed by atoms with Gasteiger partial charge in [-0.3, -0.25) is 13.8 Å². The summed E-state index contributed by atoms with van der Waals surface area (Å²) in [6.45, 7) is 7.17. The van der Waals surface area contributed by atoms with Crippen molar-refractivity contribution in [2.75, 3.05) is 5.75 Å². The minimum absolute atomic E-state index is 0.0247. The molecule has 0 aliphatic rings. The van der Waals surface area contributed by atoms with Crippen molar-refractivity contribution in [2.24, 2.45) is 5.92 Å². The second-order valence-electron chi connectivity index (χ2n) is 5.62. The Morgan fingerprint density at radius 2 is 1.95 bits per heavy atom. The molecule has 0 saturated carbocycles. The number of carbonyl (C=O) groups excluding carboxylic acids is 2. The Morgan fingerprint density at radius 1 is 1.29 bits per heavy atom. The average molecular weight is 309 g/mol. The van der Waals surface area contributed by atoms with Gasteiger partial charge in [0.25, 0.3) is 0 Å². The van der Waals surface area contributed by atoms with Gasteiger partial charge in [-0.2, -0.15) is 0 Å². The molecule has 1 rings (SSSR count). The van der Waals surface area contributed by atoms with Crippen molar-refractivity contribution in [2.45, 2.75) is 39.5 Å². The van der Waals surface area contributed by atoms with Crippen LogP contribution in [0.2, 0.25) is 0 Å². The Bertz CT molecular complexity index is 540. The Balaban J connectivity index is 2.54. The summed E-state index contributed by atoms with van der Waals surface area (Å²) in [4.78, 5) is 23.3. The van der Waals surface area contributed by atoms with Crippen molar-refractivity contribution in [3.63, 3.8) is 0 Å². The van der Waals surface area contributed by atoms with Crippen molar-refractivity contribution < 1.29 is 13.8 Å². The molecule has 1 aromatic carbocycles. The standard InChI is InChI=1S/C16H23NO3S/c1-11(2)16(13(4)18)17-15(19)10-21(20)9-14-7-5-6-12(3)8-14/h5-8,11,16H,9-10H2,1-4H3,(H,17,19). The van der Waals surface area contributed by atoms with Crippen LogP contribution in [0.4, 0.5) is 0 Å². The number of ketones is 1. The molecular weight excluding hydrogens is 286 g/mol. The first-order chi connectivity index (χ1) is 9.79. The van der Waals surface area contributed by atoms with E-state index in [9.17, 15) is 13.8 Å². The normalized spacial score (nSPS) is 13.8. The van der Waals surface area contributed by atoms with E-state index in [2.05, 4.69) is 5.32 Å². The fraction of sp³-hybridized carbons (Fsp3) is 0.500. The predicted molar refractivity (Wildman–Crippen MR) is 85.3 cm³/mol. The molecule has 0 aromatic heterocycles. The quantitative estimate of drug-likeness (QED) is 0.837. The van der Waals surface area contributed by atoms with E-state index >= 15 is 0 Å². The smallest absolute Gasteiger partial charge is 0.233 e. The lowest BCUT2D eigenvalue weighted by Gasteiger charge is -2.19. The Kier molecular flexibility index (Phi) is 6.75. The number of hydrogen-bond acceptors (Lipinski definition) is 3. The third-order valence-electron chi connectivity index (χ3n) is 3.12. The van der Waals surface area contributed by atoms with E-state index < -0.39 is 16.8 Å². The maximum Gasteiger partial charge on any atom is 0.233 e. The second-order valence-corrected chi connectivity index (χ2v) is 7.07. The van der Waals surface area contributed by atoms with Gasteiger partial charge in [-0.15, -0.1) is 0 Å². The molecule has 1 aromatic rings. The van der Waals surface area contributed by atoms with Crippen LogP contribution in [0.25, 0.3) is 0 Å². The second kappa shape index (κ2) is 8.08. The van der Waals surface area contributed by atoms with Crippen LogP contribution in [0, 0.1) is 12.8 Å². The number of hydrogen-bond donors (Lipinski definition) is 1. The minimum Gasteiger partial charge on any atom is -0.345 e. The van der Waals surface area contributed by atoms with E-state index in [4.69, 9.17) is 0 Å². The topological polar surface area (TPSA) is 63.2 Å². The van der Waals surface area contributed by atoms with Gasteiger partial charge in [0.15, 0.2) is 5.78 Å².